The van der Waals surface area contributed by atoms with Gasteiger partial charge in [-0.3, -0.25) is 9.78 Å². The number of ether oxygens (including phenoxy) is 3. The number of pyridine rings is 1. The fraction of sp³-hybridized carbons (Fsp3) is 0.139. The molecule has 0 radical (unpaired) electrons. The van der Waals surface area contributed by atoms with Gasteiger partial charge in [-0.15, -0.1) is 0 Å². The second kappa shape index (κ2) is 15.2. The first kappa shape index (κ1) is 30.8. The Labute approximate surface area is 261 Å². The Morgan fingerprint density at radius 1 is 0.800 bits per heavy atom. The number of benzene rings is 4. The van der Waals surface area contributed by atoms with Crippen molar-refractivity contribution in [3.8, 4) is 23.0 Å². The molecule has 0 aliphatic heterocycles. The number of aromatic hydroxyl groups is 1. The number of nitrogens with zero attached hydrogens (tertiary/aromatic N) is 2. The topological polar surface area (TPSA) is 123 Å². The summed E-state index contributed by atoms with van der Waals surface area (Å²) >= 11 is 0. The van der Waals surface area contributed by atoms with Gasteiger partial charge in [-0.2, -0.15) is 5.10 Å². The molecular formula is C36H33N3O6. The lowest BCUT2D eigenvalue weighted by Gasteiger charge is -2.19. The van der Waals surface area contributed by atoms with E-state index in [2.05, 4.69) is 15.5 Å². The molecule has 0 unspecified atom stereocenters. The molecule has 0 aliphatic carbocycles. The van der Waals surface area contributed by atoms with Crippen molar-refractivity contribution in [1.82, 2.24) is 10.4 Å². The van der Waals surface area contributed by atoms with Crippen molar-refractivity contribution in [3.63, 3.8) is 0 Å². The first-order valence-corrected chi connectivity index (χ1v) is 14.3. The van der Waals surface area contributed by atoms with Crippen molar-refractivity contribution < 1.29 is 29.2 Å². The van der Waals surface area contributed by atoms with Gasteiger partial charge < -0.3 is 24.4 Å². The molecule has 1 aromatic heterocycles. The van der Waals surface area contributed by atoms with Crippen LogP contribution in [-0.2, 0) is 26.4 Å². The largest absolute Gasteiger partial charge is 0.505 e. The van der Waals surface area contributed by atoms with Gasteiger partial charge in [0.1, 0.15) is 25.6 Å². The van der Waals surface area contributed by atoms with Crippen molar-refractivity contribution in [2.75, 3.05) is 0 Å². The summed E-state index contributed by atoms with van der Waals surface area (Å²) in [6, 6.07) is 32.2. The van der Waals surface area contributed by atoms with Gasteiger partial charge in [-0.05, 0) is 35.7 Å². The minimum atomic E-state index is -0.550. The molecule has 0 atom stereocenters. The summed E-state index contributed by atoms with van der Waals surface area (Å²) in [6.07, 6.45) is 2.71. The molecule has 9 nitrogen and oxygen atoms in total. The predicted octanol–water partition coefficient (Wildman–Crippen LogP) is 6.09. The van der Waals surface area contributed by atoms with Crippen LogP contribution in [0.3, 0.4) is 0 Å². The second-order valence-corrected chi connectivity index (χ2v) is 10.1. The van der Waals surface area contributed by atoms with Crippen LogP contribution in [0.15, 0.2) is 114 Å². The van der Waals surface area contributed by atoms with Crippen LogP contribution >= 0.6 is 0 Å². The summed E-state index contributed by atoms with van der Waals surface area (Å²) in [5.41, 5.74) is 6.51. The molecule has 0 bridgehead atoms. The van der Waals surface area contributed by atoms with E-state index in [-0.39, 0.29) is 43.3 Å². The summed E-state index contributed by atoms with van der Waals surface area (Å²) in [6.45, 7) is 1.98. The lowest BCUT2D eigenvalue weighted by molar-refractivity contribution is 0.0953. The Morgan fingerprint density at radius 2 is 1.29 bits per heavy atom. The Balaban J connectivity index is 1.47. The number of aliphatic hydroxyl groups is 1. The van der Waals surface area contributed by atoms with E-state index in [1.165, 1.54) is 12.4 Å². The maximum absolute atomic E-state index is 13.4. The van der Waals surface area contributed by atoms with E-state index in [1.807, 2.05) is 91.0 Å². The number of carbonyl (C=O) groups is 1. The van der Waals surface area contributed by atoms with Crippen molar-refractivity contribution in [3.05, 3.63) is 148 Å². The molecule has 1 heterocycles. The monoisotopic (exact) mass is 603 g/mol. The van der Waals surface area contributed by atoms with Crippen molar-refractivity contribution >= 4 is 12.1 Å². The molecule has 0 saturated carbocycles. The minimum absolute atomic E-state index is 0.132. The van der Waals surface area contributed by atoms with Crippen molar-refractivity contribution in [2.45, 2.75) is 33.4 Å². The number of rotatable bonds is 13. The van der Waals surface area contributed by atoms with Crippen LogP contribution in [0.1, 0.15) is 43.9 Å². The Hall–Kier alpha value is -5.67. The van der Waals surface area contributed by atoms with Gasteiger partial charge in [0.2, 0.25) is 5.75 Å². The summed E-state index contributed by atoms with van der Waals surface area (Å²) in [7, 11) is 0. The summed E-state index contributed by atoms with van der Waals surface area (Å²) < 4.78 is 18.8. The predicted molar refractivity (Wildman–Crippen MR) is 170 cm³/mol. The highest BCUT2D eigenvalue weighted by Crippen LogP contribution is 2.40. The van der Waals surface area contributed by atoms with E-state index in [9.17, 15) is 15.0 Å². The van der Waals surface area contributed by atoms with Gasteiger partial charge in [0, 0.05) is 22.9 Å². The number of aromatic nitrogens is 1. The maximum Gasteiger partial charge on any atom is 0.271 e. The zero-order valence-electron chi connectivity index (χ0n) is 24.7. The smallest absolute Gasteiger partial charge is 0.271 e. The fourth-order valence-corrected chi connectivity index (χ4v) is 4.41. The van der Waals surface area contributed by atoms with Crippen molar-refractivity contribution in [2.24, 2.45) is 5.10 Å². The van der Waals surface area contributed by atoms with E-state index in [4.69, 9.17) is 14.2 Å². The minimum Gasteiger partial charge on any atom is -0.505 e. The van der Waals surface area contributed by atoms with E-state index in [0.29, 0.717) is 28.5 Å². The average molecular weight is 604 g/mol. The Morgan fingerprint density at radius 3 is 1.78 bits per heavy atom. The quantitative estimate of drug-likeness (QED) is 0.110. The number of amides is 1. The highest BCUT2D eigenvalue weighted by atomic mass is 16.5. The van der Waals surface area contributed by atoms with Crippen LogP contribution in [0.5, 0.6) is 23.0 Å². The third-order valence-electron chi connectivity index (χ3n) is 6.87. The third-order valence-corrected chi connectivity index (χ3v) is 6.87. The number of carbonyl (C=O) groups excluding carboxylic acids is 1. The second-order valence-electron chi connectivity index (χ2n) is 10.1. The van der Waals surface area contributed by atoms with Gasteiger partial charge in [0.15, 0.2) is 11.5 Å². The normalized spacial score (nSPS) is 10.9. The first-order chi connectivity index (χ1) is 22.0. The van der Waals surface area contributed by atoms with Gasteiger partial charge >= 0.3 is 0 Å². The first-order valence-electron chi connectivity index (χ1n) is 14.3. The molecule has 5 aromatic rings. The van der Waals surface area contributed by atoms with Crippen LogP contribution < -0.4 is 19.6 Å². The van der Waals surface area contributed by atoms with E-state index in [1.54, 1.807) is 19.1 Å². The number of hydrogen-bond acceptors (Lipinski definition) is 8. The van der Waals surface area contributed by atoms with Crippen LogP contribution in [0.25, 0.3) is 0 Å². The average Bonchev–Trinajstić information content (AvgIpc) is 3.08. The van der Waals surface area contributed by atoms with Crippen LogP contribution in [-0.4, -0.2) is 27.3 Å². The fourth-order valence-electron chi connectivity index (χ4n) is 4.41. The SMILES string of the molecule is Cc1ncc(CO)c(/C=N/NC(=O)c2cc(OCc3ccccc3)c(OCc3ccccc3)c(OCc3ccccc3)c2)c1O. The van der Waals surface area contributed by atoms with Crippen LogP contribution in [0, 0.1) is 6.92 Å². The summed E-state index contributed by atoms with van der Waals surface area (Å²) in [5.74, 6) is 0.313. The molecule has 4 aromatic carbocycles. The van der Waals surface area contributed by atoms with Gasteiger partial charge in [0.25, 0.3) is 5.91 Å². The molecule has 3 N–H and O–H groups in total. The number of hydrogen-bond donors (Lipinski definition) is 3. The molecular weight excluding hydrogens is 570 g/mol. The number of aliphatic hydroxyl groups excluding tert-OH is 1. The number of hydrazone groups is 1. The van der Waals surface area contributed by atoms with E-state index < -0.39 is 5.91 Å². The molecule has 228 valence electrons. The van der Waals surface area contributed by atoms with Crippen LogP contribution in [0.2, 0.25) is 0 Å². The molecule has 45 heavy (non-hydrogen) atoms. The molecule has 9 heteroatoms. The summed E-state index contributed by atoms with van der Waals surface area (Å²) in [4.78, 5) is 17.4. The lowest BCUT2D eigenvalue weighted by Crippen LogP contribution is -2.18. The third kappa shape index (κ3) is 8.25. The van der Waals surface area contributed by atoms with Crippen molar-refractivity contribution in [1.29, 1.82) is 0 Å². The number of aryl methyl sites for hydroxylation is 1. The highest BCUT2D eigenvalue weighted by molar-refractivity contribution is 5.96. The van der Waals surface area contributed by atoms with E-state index >= 15 is 0 Å². The van der Waals surface area contributed by atoms with Crippen LogP contribution in [0.4, 0.5) is 0 Å². The van der Waals surface area contributed by atoms with E-state index in [0.717, 1.165) is 16.7 Å². The highest BCUT2D eigenvalue weighted by Gasteiger charge is 2.20. The molecule has 5 rings (SSSR count). The van der Waals surface area contributed by atoms with Gasteiger partial charge in [-0.25, -0.2) is 5.43 Å². The molecule has 1 amide bonds. The molecule has 0 saturated heterocycles. The lowest BCUT2D eigenvalue weighted by atomic mass is 10.1. The van der Waals surface area contributed by atoms with Gasteiger partial charge in [0.05, 0.1) is 18.5 Å². The zero-order valence-corrected chi connectivity index (χ0v) is 24.7. The maximum atomic E-state index is 13.4. The number of nitrogens with one attached hydrogen (secondary N) is 1. The summed E-state index contributed by atoms with van der Waals surface area (Å²) in [5, 5.41) is 24.1. The zero-order chi connectivity index (χ0) is 31.4. The molecule has 0 spiro atoms. The Kier molecular flexibility index (Phi) is 10.4. The standard InChI is InChI=1S/C36H33N3O6/c1-25-34(41)31(30(21-40)19-37-25)20-38-39-36(42)29-17-32(43-22-26-11-5-2-6-12-26)35(45-24-28-15-9-4-10-16-28)33(18-29)44-23-27-13-7-3-8-14-27/h2-20,40-41H,21-24H2,1H3,(H,39,42)/b38-20+. The molecule has 0 aliphatic rings. The Bertz CT molecular complexity index is 1680. The molecule has 0 fully saturated rings. The van der Waals surface area contributed by atoms with Gasteiger partial charge in [-0.1, -0.05) is 91.0 Å².